The van der Waals surface area contributed by atoms with Gasteiger partial charge in [0.15, 0.2) is 5.16 Å². The highest BCUT2D eigenvalue weighted by Crippen LogP contribution is 2.25. The van der Waals surface area contributed by atoms with Crippen molar-refractivity contribution in [3.05, 3.63) is 46.9 Å². The number of halogens is 2. The quantitative estimate of drug-likeness (QED) is 0.360. The molecule has 2 saturated heterocycles. The maximum absolute atomic E-state index is 13.5. The molecule has 0 spiro atoms. The highest BCUT2D eigenvalue weighted by molar-refractivity contribution is 7.99. The summed E-state index contributed by atoms with van der Waals surface area (Å²) in [6.45, 7) is 5.20. The molecule has 1 atom stereocenters. The van der Waals surface area contributed by atoms with Crippen molar-refractivity contribution in [2.75, 3.05) is 43.4 Å². The monoisotopic (exact) mass is 491 g/mol. The Morgan fingerprint density at radius 3 is 2.64 bits per heavy atom. The number of aromatic nitrogens is 2. The zero-order valence-electron chi connectivity index (χ0n) is 18.5. The molecular formula is C23H27ClFN5O2S. The molecule has 0 radical (unpaired) electrons. The number of hydrogen-bond donors (Lipinski definition) is 0. The second-order valence-corrected chi connectivity index (χ2v) is 9.70. The number of carbonyl (C=O) groups is 2. The molecule has 2 aliphatic heterocycles. The van der Waals surface area contributed by atoms with E-state index in [4.69, 9.17) is 11.6 Å². The van der Waals surface area contributed by atoms with E-state index < -0.39 is 5.82 Å². The van der Waals surface area contributed by atoms with Gasteiger partial charge in [-0.1, -0.05) is 29.4 Å². The highest BCUT2D eigenvalue weighted by Gasteiger charge is 2.29. The van der Waals surface area contributed by atoms with Gasteiger partial charge in [-0.05, 0) is 44.4 Å². The van der Waals surface area contributed by atoms with E-state index >= 15 is 0 Å². The first-order chi connectivity index (χ1) is 15.9. The van der Waals surface area contributed by atoms with Crippen LogP contribution in [0.3, 0.4) is 0 Å². The summed E-state index contributed by atoms with van der Waals surface area (Å²) in [5.74, 6) is 0.448. The predicted molar refractivity (Wildman–Crippen MR) is 127 cm³/mol. The van der Waals surface area contributed by atoms with Crippen LogP contribution in [-0.2, 0) is 4.79 Å². The molecule has 4 rings (SSSR count). The van der Waals surface area contributed by atoms with Crippen LogP contribution in [0.2, 0.25) is 5.15 Å². The van der Waals surface area contributed by atoms with Gasteiger partial charge in [-0.25, -0.2) is 14.4 Å². The molecule has 0 bridgehead atoms. The van der Waals surface area contributed by atoms with Gasteiger partial charge in [-0.2, -0.15) is 0 Å². The number of piperidine rings is 1. The fourth-order valence-electron chi connectivity index (χ4n) is 4.23. The summed E-state index contributed by atoms with van der Waals surface area (Å²) in [4.78, 5) is 39.9. The second-order valence-electron chi connectivity index (χ2n) is 8.37. The van der Waals surface area contributed by atoms with Crippen LogP contribution >= 0.6 is 23.4 Å². The van der Waals surface area contributed by atoms with Crippen molar-refractivity contribution in [1.82, 2.24) is 19.8 Å². The third-order valence-electron chi connectivity index (χ3n) is 5.98. The minimum atomic E-state index is -0.424. The van der Waals surface area contributed by atoms with E-state index in [2.05, 4.69) is 14.9 Å². The molecule has 2 aliphatic rings. The number of nitrogens with zero attached hydrogens (tertiary/aromatic N) is 5. The van der Waals surface area contributed by atoms with Crippen LogP contribution in [-0.4, -0.2) is 76.1 Å². The van der Waals surface area contributed by atoms with Crippen molar-refractivity contribution < 1.29 is 14.0 Å². The number of hydrogen-bond acceptors (Lipinski definition) is 6. The smallest absolute Gasteiger partial charge is 0.254 e. The molecule has 3 heterocycles. The molecular weight excluding hydrogens is 465 g/mol. The van der Waals surface area contributed by atoms with Crippen LogP contribution in [0.15, 0.2) is 35.5 Å². The Hall–Kier alpha value is -2.39. The summed E-state index contributed by atoms with van der Waals surface area (Å²) in [5.41, 5.74) is 0.345. The summed E-state index contributed by atoms with van der Waals surface area (Å²) in [6, 6.07) is 7.37. The molecule has 1 aromatic heterocycles. The Balaban J connectivity index is 1.38. The molecule has 2 aromatic rings. The van der Waals surface area contributed by atoms with E-state index in [1.165, 1.54) is 30.3 Å². The average molecular weight is 492 g/mol. The first-order valence-corrected chi connectivity index (χ1v) is 12.5. The summed E-state index contributed by atoms with van der Waals surface area (Å²) >= 11 is 7.55. The lowest BCUT2D eigenvalue weighted by Crippen LogP contribution is -2.54. The van der Waals surface area contributed by atoms with Crippen molar-refractivity contribution in [2.24, 2.45) is 0 Å². The van der Waals surface area contributed by atoms with Gasteiger partial charge >= 0.3 is 0 Å². The zero-order valence-corrected chi connectivity index (χ0v) is 20.1. The van der Waals surface area contributed by atoms with Crippen LogP contribution in [0, 0.1) is 5.82 Å². The SMILES string of the molecule is CC1CN(c2cc(Cl)nc(SCC(=O)N3CCCCC3)n2)CCN1C(=O)c1cccc(F)c1. The summed E-state index contributed by atoms with van der Waals surface area (Å²) in [5, 5.41) is 0.785. The lowest BCUT2D eigenvalue weighted by Gasteiger charge is -2.40. The number of piperazine rings is 1. The van der Waals surface area contributed by atoms with Gasteiger partial charge in [-0.3, -0.25) is 9.59 Å². The van der Waals surface area contributed by atoms with Crippen LogP contribution in [0.1, 0.15) is 36.5 Å². The Bertz CT molecular complexity index is 1020. The molecule has 33 heavy (non-hydrogen) atoms. The molecule has 176 valence electrons. The van der Waals surface area contributed by atoms with Gasteiger partial charge < -0.3 is 14.7 Å². The van der Waals surface area contributed by atoms with Gasteiger partial charge in [0, 0.05) is 50.4 Å². The average Bonchev–Trinajstić information content (AvgIpc) is 2.82. The summed E-state index contributed by atoms with van der Waals surface area (Å²) < 4.78 is 13.5. The lowest BCUT2D eigenvalue weighted by atomic mass is 10.1. The maximum atomic E-state index is 13.5. The highest BCUT2D eigenvalue weighted by atomic mass is 35.5. The zero-order chi connectivity index (χ0) is 23.4. The fourth-order valence-corrected chi connectivity index (χ4v) is 5.21. The van der Waals surface area contributed by atoms with Gasteiger partial charge in [0.2, 0.25) is 5.91 Å². The van der Waals surface area contributed by atoms with Gasteiger partial charge in [0.25, 0.3) is 5.91 Å². The lowest BCUT2D eigenvalue weighted by molar-refractivity contribution is -0.129. The number of anilines is 1. The predicted octanol–water partition coefficient (Wildman–Crippen LogP) is 3.72. The van der Waals surface area contributed by atoms with E-state index in [1.807, 2.05) is 11.8 Å². The Kier molecular flexibility index (Phi) is 7.70. The third kappa shape index (κ3) is 5.95. The van der Waals surface area contributed by atoms with Crippen molar-refractivity contribution in [1.29, 1.82) is 0 Å². The molecule has 1 unspecified atom stereocenters. The van der Waals surface area contributed by atoms with Crippen LogP contribution in [0.25, 0.3) is 0 Å². The molecule has 7 nitrogen and oxygen atoms in total. The summed E-state index contributed by atoms with van der Waals surface area (Å²) in [7, 11) is 0. The van der Waals surface area contributed by atoms with Crippen molar-refractivity contribution >= 4 is 41.0 Å². The third-order valence-corrected chi connectivity index (χ3v) is 7.00. The van der Waals surface area contributed by atoms with Crippen molar-refractivity contribution in [3.63, 3.8) is 0 Å². The normalized spacial score (nSPS) is 19.0. The number of carbonyl (C=O) groups excluding carboxylic acids is 2. The number of amides is 2. The van der Waals surface area contributed by atoms with Gasteiger partial charge in [-0.15, -0.1) is 0 Å². The fraction of sp³-hybridized carbons (Fsp3) is 0.478. The van der Waals surface area contributed by atoms with Crippen LogP contribution < -0.4 is 4.90 Å². The molecule has 10 heteroatoms. The standard InChI is InChI=1S/C23H27ClFN5O2S/c1-16-14-29(10-11-30(16)22(32)17-6-5-7-18(25)12-17)20-13-19(24)26-23(27-20)33-15-21(31)28-8-3-2-4-9-28/h5-7,12-13,16H,2-4,8-11,14-15H2,1H3. The van der Waals surface area contributed by atoms with E-state index in [0.717, 1.165) is 25.9 Å². The van der Waals surface area contributed by atoms with Crippen molar-refractivity contribution in [2.45, 2.75) is 37.4 Å². The topological polar surface area (TPSA) is 69.6 Å². The van der Waals surface area contributed by atoms with Crippen molar-refractivity contribution in [3.8, 4) is 0 Å². The molecule has 0 N–H and O–H groups in total. The largest absolute Gasteiger partial charge is 0.353 e. The van der Waals surface area contributed by atoms with E-state index in [-0.39, 0.29) is 23.6 Å². The van der Waals surface area contributed by atoms with Gasteiger partial charge in [0.1, 0.15) is 16.8 Å². The number of likely N-dealkylation sites (tertiary alicyclic amines) is 1. The van der Waals surface area contributed by atoms with E-state index in [9.17, 15) is 14.0 Å². The first kappa shape index (κ1) is 23.8. The molecule has 1 aromatic carbocycles. The molecule has 0 aliphatic carbocycles. The number of benzene rings is 1. The molecule has 2 amide bonds. The second kappa shape index (κ2) is 10.7. The molecule has 0 saturated carbocycles. The summed E-state index contributed by atoms with van der Waals surface area (Å²) in [6.07, 6.45) is 3.29. The van der Waals surface area contributed by atoms with Gasteiger partial charge in [0.05, 0.1) is 5.75 Å². The Morgan fingerprint density at radius 2 is 1.91 bits per heavy atom. The minimum Gasteiger partial charge on any atom is -0.353 e. The van der Waals surface area contributed by atoms with Crippen LogP contribution in [0.5, 0.6) is 0 Å². The van der Waals surface area contributed by atoms with E-state index in [1.54, 1.807) is 23.1 Å². The first-order valence-electron chi connectivity index (χ1n) is 11.2. The Morgan fingerprint density at radius 1 is 1.12 bits per heavy atom. The molecule has 2 fully saturated rings. The van der Waals surface area contributed by atoms with E-state index in [0.29, 0.717) is 41.3 Å². The maximum Gasteiger partial charge on any atom is 0.254 e. The number of rotatable bonds is 5. The number of thioether (sulfide) groups is 1. The van der Waals surface area contributed by atoms with Crippen LogP contribution in [0.4, 0.5) is 10.2 Å². The minimum absolute atomic E-state index is 0.0972. The Labute approximate surface area is 202 Å².